The van der Waals surface area contributed by atoms with E-state index in [1.165, 1.54) is 12.3 Å². The summed E-state index contributed by atoms with van der Waals surface area (Å²) in [6.07, 6.45) is 5.39. The van der Waals surface area contributed by atoms with E-state index in [0.717, 1.165) is 25.7 Å². The van der Waals surface area contributed by atoms with Gasteiger partial charge in [0.25, 0.3) is 5.91 Å². The highest BCUT2D eigenvalue weighted by molar-refractivity contribution is 7.84. The number of benzene rings is 1. The maximum Gasteiger partial charge on any atom is 0.339 e. The molecule has 0 radical (unpaired) electrons. The molecule has 0 unspecified atom stereocenters. The van der Waals surface area contributed by atoms with Crippen LogP contribution in [0.5, 0.6) is 0 Å². The van der Waals surface area contributed by atoms with E-state index in [1.807, 2.05) is 0 Å². The number of nitrogens with one attached hydrogen (secondary N) is 2. The van der Waals surface area contributed by atoms with Gasteiger partial charge < -0.3 is 10.1 Å². The van der Waals surface area contributed by atoms with Crippen LogP contribution in [0.25, 0.3) is 0 Å². The first kappa shape index (κ1) is 18.1. The normalized spacial score (nSPS) is 15.5. The summed E-state index contributed by atoms with van der Waals surface area (Å²) in [5.41, 5.74) is 0.140. The average molecular weight is 352 g/mol. The van der Waals surface area contributed by atoms with Crippen LogP contribution in [-0.2, 0) is 20.3 Å². The maximum atomic E-state index is 12.0. The number of carbonyl (C=O) groups is 3. The molecular formula is C16H20N2O5S. The Morgan fingerprint density at radius 1 is 1.21 bits per heavy atom. The summed E-state index contributed by atoms with van der Waals surface area (Å²) in [7, 11) is -1.35. The molecule has 1 fully saturated rings. The Hall–Kier alpha value is -2.22. The molecule has 1 aliphatic carbocycles. The number of urea groups is 1. The fraction of sp³-hybridized carbons (Fsp3) is 0.438. The van der Waals surface area contributed by atoms with Crippen molar-refractivity contribution in [2.45, 2.75) is 36.6 Å². The van der Waals surface area contributed by atoms with Gasteiger partial charge in [-0.3, -0.25) is 14.3 Å². The van der Waals surface area contributed by atoms with Gasteiger partial charge in [-0.1, -0.05) is 25.0 Å². The number of ether oxygens (including phenoxy) is 1. The molecule has 24 heavy (non-hydrogen) atoms. The van der Waals surface area contributed by atoms with Crippen LogP contribution in [0.3, 0.4) is 0 Å². The largest absolute Gasteiger partial charge is 0.452 e. The molecule has 7 nitrogen and oxygen atoms in total. The van der Waals surface area contributed by atoms with E-state index in [9.17, 15) is 18.6 Å². The Kier molecular flexibility index (Phi) is 6.48. The highest BCUT2D eigenvalue weighted by Gasteiger charge is 2.19. The summed E-state index contributed by atoms with van der Waals surface area (Å²) < 4.78 is 16.5. The number of carbonyl (C=O) groups excluding carboxylic acids is 3. The molecule has 1 aliphatic rings. The lowest BCUT2D eigenvalue weighted by molar-refractivity contribution is -0.123. The van der Waals surface area contributed by atoms with Gasteiger partial charge in [0, 0.05) is 12.3 Å². The molecule has 0 aromatic heterocycles. The van der Waals surface area contributed by atoms with E-state index < -0.39 is 35.3 Å². The fourth-order valence-electron chi connectivity index (χ4n) is 2.55. The zero-order valence-corrected chi connectivity index (χ0v) is 14.2. The molecular weight excluding hydrogens is 332 g/mol. The van der Waals surface area contributed by atoms with Gasteiger partial charge in [-0.25, -0.2) is 9.59 Å². The van der Waals surface area contributed by atoms with Crippen LogP contribution in [0.2, 0.25) is 0 Å². The topological polar surface area (TPSA) is 102 Å². The Labute approximate surface area is 142 Å². The minimum atomic E-state index is -1.35. The van der Waals surface area contributed by atoms with Gasteiger partial charge in [-0.05, 0) is 25.0 Å². The third kappa shape index (κ3) is 5.16. The van der Waals surface area contributed by atoms with Crippen LogP contribution < -0.4 is 10.6 Å². The molecule has 130 valence electrons. The average Bonchev–Trinajstić information content (AvgIpc) is 3.05. The van der Waals surface area contributed by atoms with Crippen molar-refractivity contribution in [1.29, 1.82) is 0 Å². The first-order valence-corrected chi connectivity index (χ1v) is 9.23. The molecule has 2 rings (SSSR count). The molecule has 0 spiro atoms. The summed E-state index contributed by atoms with van der Waals surface area (Å²) in [4.78, 5) is 35.7. The van der Waals surface area contributed by atoms with Crippen LogP contribution in [-0.4, -0.2) is 41.0 Å². The Balaban J connectivity index is 1.82. The number of hydrogen-bond acceptors (Lipinski definition) is 5. The second-order valence-corrected chi connectivity index (χ2v) is 6.88. The van der Waals surface area contributed by atoms with Gasteiger partial charge >= 0.3 is 12.0 Å². The van der Waals surface area contributed by atoms with Crippen molar-refractivity contribution in [3.8, 4) is 0 Å². The number of imide groups is 1. The van der Waals surface area contributed by atoms with Crippen molar-refractivity contribution in [2.75, 3.05) is 12.9 Å². The lowest BCUT2D eigenvalue weighted by atomic mass is 10.2. The Bertz CT molecular complexity index is 656. The second-order valence-electron chi connectivity index (χ2n) is 5.53. The van der Waals surface area contributed by atoms with Crippen molar-refractivity contribution in [3.05, 3.63) is 29.8 Å². The smallest absolute Gasteiger partial charge is 0.339 e. The summed E-state index contributed by atoms with van der Waals surface area (Å²) in [6.45, 7) is -0.582. The molecule has 0 saturated heterocycles. The zero-order valence-electron chi connectivity index (χ0n) is 13.4. The summed E-state index contributed by atoms with van der Waals surface area (Å²) in [6, 6.07) is 5.81. The first-order valence-electron chi connectivity index (χ1n) is 7.67. The minimum Gasteiger partial charge on any atom is -0.452 e. The molecule has 0 heterocycles. The zero-order chi connectivity index (χ0) is 17.5. The SMILES string of the molecule is C[S@](=O)c1ccccc1C(=O)OCC(=O)NC(=O)NC1CCCC1. The van der Waals surface area contributed by atoms with E-state index in [2.05, 4.69) is 10.6 Å². The number of hydrogen-bond donors (Lipinski definition) is 2. The predicted molar refractivity (Wildman–Crippen MR) is 88.0 cm³/mol. The summed E-state index contributed by atoms with van der Waals surface area (Å²) >= 11 is 0. The maximum absolute atomic E-state index is 12.0. The van der Waals surface area contributed by atoms with E-state index >= 15 is 0 Å². The van der Waals surface area contributed by atoms with Crippen molar-refractivity contribution in [3.63, 3.8) is 0 Å². The third-order valence-corrected chi connectivity index (χ3v) is 4.67. The van der Waals surface area contributed by atoms with Crippen LogP contribution in [0, 0.1) is 0 Å². The number of esters is 1. The minimum absolute atomic E-state index is 0.0896. The molecule has 1 saturated carbocycles. The number of rotatable bonds is 5. The van der Waals surface area contributed by atoms with Gasteiger partial charge in [0.15, 0.2) is 6.61 Å². The molecule has 2 N–H and O–H groups in total. The van der Waals surface area contributed by atoms with E-state index in [0.29, 0.717) is 4.90 Å². The van der Waals surface area contributed by atoms with Crippen molar-refractivity contribution in [1.82, 2.24) is 10.6 Å². The van der Waals surface area contributed by atoms with Gasteiger partial charge in [0.05, 0.1) is 21.3 Å². The van der Waals surface area contributed by atoms with Gasteiger partial charge in [0.2, 0.25) is 0 Å². The first-order chi connectivity index (χ1) is 11.5. The third-order valence-electron chi connectivity index (χ3n) is 3.69. The quantitative estimate of drug-likeness (QED) is 0.779. The van der Waals surface area contributed by atoms with Crippen molar-refractivity contribution < 1.29 is 23.3 Å². The van der Waals surface area contributed by atoms with Gasteiger partial charge in [-0.15, -0.1) is 0 Å². The Morgan fingerprint density at radius 3 is 2.54 bits per heavy atom. The monoisotopic (exact) mass is 352 g/mol. The second kappa shape index (κ2) is 8.58. The molecule has 1 aromatic carbocycles. The molecule has 1 aromatic rings. The molecule has 3 amide bonds. The van der Waals surface area contributed by atoms with Crippen molar-refractivity contribution in [2.24, 2.45) is 0 Å². The Morgan fingerprint density at radius 2 is 1.88 bits per heavy atom. The lowest BCUT2D eigenvalue weighted by Crippen LogP contribution is -2.45. The van der Waals surface area contributed by atoms with Crippen molar-refractivity contribution >= 4 is 28.7 Å². The van der Waals surface area contributed by atoms with E-state index in [1.54, 1.807) is 18.2 Å². The van der Waals surface area contributed by atoms with Crippen LogP contribution in [0.15, 0.2) is 29.2 Å². The lowest BCUT2D eigenvalue weighted by Gasteiger charge is -2.12. The molecule has 8 heteroatoms. The van der Waals surface area contributed by atoms with E-state index in [-0.39, 0.29) is 11.6 Å². The van der Waals surface area contributed by atoms with Crippen LogP contribution in [0.4, 0.5) is 4.79 Å². The fourth-order valence-corrected chi connectivity index (χ4v) is 3.28. The van der Waals surface area contributed by atoms with Gasteiger partial charge in [0.1, 0.15) is 0 Å². The van der Waals surface area contributed by atoms with Gasteiger partial charge in [-0.2, -0.15) is 0 Å². The molecule has 1 atom stereocenters. The van der Waals surface area contributed by atoms with E-state index in [4.69, 9.17) is 4.74 Å². The molecule has 0 aliphatic heterocycles. The van der Waals surface area contributed by atoms with Crippen LogP contribution in [0.1, 0.15) is 36.0 Å². The predicted octanol–water partition coefficient (Wildman–Crippen LogP) is 1.35. The summed E-state index contributed by atoms with van der Waals surface area (Å²) in [5.74, 6) is -1.47. The highest BCUT2D eigenvalue weighted by atomic mass is 32.2. The molecule has 0 bridgehead atoms. The van der Waals surface area contributed by atoms with Crippen LogP contribution >= 0.6 is 0 Å². The summed E-state index contributed by atoms with van der Waals surface area (Å²) in [5, 5.41) is 4.83. The number of amides is 3. The standard InChI is InChI=1S/C16H20N2O5S/c1-24(22)13-9-5-4-8-12(13)15(20)23-10-14(19)18-16(21)17-11-6-2-3-7-11/h4-5,8-9,11H,2-3,6-7,10H2,1H3,(H2,17,18,19,21)/t24-/m0/s1. The highest BCUT2D eigenvalue weighted by Crippen LogP contribution is 2.17.